The van der Waals surface area contributed by atoms with Crippen LogP contribution in [0.1, 0.15) is 94.9 Å². The van der Waals surface area contributed by atoms with Crippen LogP contribution in [0.2, 0.25) is 0 Å². The van der Waals surface area contributed by atoms with Crippen molar-refractivity contribution in [3.05, 3.63) is 42.5 Å². The van der Waals surface area contributed by atoms with Crippen LogP contribution in [0.25, 0.3) is 10.8 Å². The lowest BCUT2D eigenvalue weighted by Gasteiger charge is -2.49. The van der Waals surface area contributed by atoms with Crippen LogP contribution in [0.3, 0.4) is 0 Å². The third-order valence-electron chi connectivity index (χ3n) is 14.8. The first-order chi connectivity index (χ1) is 30.1. The molecule has 4 saturated heterocycles. The Morgan fingerprint density at radius 2 is 1.56 bits per heavy atom. The Labute approximate surface area is 380 Å². The van der Waals surface area contributed by atoms with Crippen LogP contribution in [0, 0.1) is 17.8 Å². The summed E-state index contributed by atoms with van der Waals surface area (Å²) >= 11 is 0. The van der Waals surface area contributed by atoms with E-state index in [1.54, 1.807) is 35.0 Å². The summed E-state index contributed by atoms with van der Waals surface area (Å²) in [4.78, 5) is 24.0. The second kappa shape index (κ2) is 20.1. The van der Waals surface area contributed by atoms with Gasteiger partial charge < -0.3 is 63.0 Å². The molecule has 4 fully saturated rings. The summed E-state index contributed by atoms with van der Waals surface area (Å²) in [6, 6.07) is 13.7. The first-order valence-corrected chi connectivity index (χ1v) is 23.3. The molecular formula is C49H77N3O12. The summed E-state index contributed by atoms with van der Waals surface area (Å²) in [5, 5.41) is 37.6. The Balaban J connectivity index is 1.47. The molecule has 0 amide bonds. The summed E-state index contributed by atoms with van der Waals surface area (Å²) in [6.45, 7) is 19.3. The molecule has 360 valence electrons. The molecule has 2 bridgehead atoms. The smallest absolute Gasteiger partial charge is 0.311 e. The molecule has 0 aliphatic carbocycles. The van der Waals surface area contributed by atoms with Crippen LogP contribution < -0.4 is 0 Å². The highest BCUT2D eigenvalue weighted by Crippen LogP contribution is 2.43. The van der Waals surface area contributed by atoms with Crippen LogP contribution in [0.15, 0.2) is 47.5 Å². The second-order valence-corrected chi connectivity index (χ2v) is 20.0. The zero-order valence-electron chi connectivity index (χ0n) is 40.6. The molecule has 15 heteroatoms. The molecule has 0 unspecified atom stereocenters. The molecule has 6 rings (SSSR count). The predicted molar refractivity (Wildman–Crippen MR) is 243 cm³/mol. The Morgan fingerprint density at radius 1 is 0.891 bits per heavy atom. The monoisotopic (exact) mass is 900 g/mol. The maximum Gasteiger partial charge on any atom is 0.311 e. The molecule has 0 aromatic heterocycles. The van der Waals surface area contributed by atoms with Crippen LogP contribution in [-0.4, -0.2) is 162 Å². The fourth-order valence-electron chi connectivity index (χ4n) is 10.8. The number of cyclic esters (lactones) is 1. The number of aliphatic hydroxyl groups is 3. The Morgan fingerprint density at radius 3 is 2.22 bits per heavy atom. The molecule has 2 aromatic carbocycles. The maximum atomic E-state index is 14.8. The van der Waals surface area contributed by atoms with Crippen molar-refractivity contribution < 1.29 is 58.0 Å². The largest absolute Gasteiger partial charge is 0.459 e. The molecular weight excluding hydrogens is 823 g/mol. The Bertz CT molecular complexity index is 1910. The topological polar surface area (TPSA) is 170 Å². The van der Waals surface area contributed by atoms with Crippen LogP contribution in [-0.2, 0) is 42.7 Å². The fraction of sp³-hybridized carbons (Fsp3) is 0.755. The SMILES string of the molecule is CC[C@H]1OC(=O)[C@H](C)[C@@H](O[C@@H]2C[C@@](C)(OC)[C@@H](O)[C@H](C)O2)[C@H](C)[C@@H](O[C@@H]2O[C@H](C)C[C@H](N(C)C)[C@H]2O)[C@](C)(OC)C[C@@H](C)CN2C(=Nc3cccc4ccccc34)O[C@H]([C@H]2C)[C@]1(C)O. The molecule has 0 radical (unpaired) electrons. The number of fused-ring (bicyclic) bond motifs is 3. The van der Waals surface area contributed by atoms with Gasteiger partial charge in [0.1, 0.15) is 23.9 Å². The molecule has 4 aliphatic rings. The number of likely N-dealkylation sites (N-methyl/N-ethyl adjacent to an activating group) is 1. The summed E-state index contributed by atoms with van der Waals surface area (Å²) in [5.41, 5.74) is -3.02. The lowest BCUT2D eigenvalue weighted by Crippen LogP contribution is -2.61. The number of carbonyl (C=O) groups is 1. The van der Waals surface area contributed by atoms with Crippen molar-refractivity contribution in [2.24, 2.45) is 22.7 Å². The van der Waals surface area contributed by atoms with E-state index in [1.807, 2.05) is 103 Å². The van der Waals surface area contributed by atoms with Gasteiger partial charge in [0, 0.05) is 44.5 Å². The molecule has 0 spiro atoms. The number of rotatable bonds is 9. The van der Waals surface area contributed by atoms with Crippen LogP contribution in [0.4, 0.5) is 5.69 Å². The number of aliphatic hydroxyl groups excluding tert-OH is 2. The number of aliphatic imine (C=N–C) groups is 1. The second-order valence-electron chi connectivity index (χ2n) is 20.0. The third kappa shape index (κ3) is 10.1. The predicted octanol–water partition coefficient (Wildman–Crippen LogP) is 5.80. The van der Waals surface area contributed by atoms with E-state index in [2.05, 4.69) is 11.8 Å². The number of esters is 1. The number of hydrogen-bond acceptors (Lipinski definition) is 14. The van der Waals surface area contributed by atoms with Gasteiger partial charge in [0.2, 0.25) is 0 Å². The van der Waals surface area contributed by atoms with Gasteiger partial charge in [0.15, 0.2) is 18.7 Å². The van der Waals surface area contributed by atoms with Crippen LogP contribution in [0.5, 0.6) is 0 Å². The van der Waals surface area contributed by atoms with Crippen molar-refractivity contribution in [3.8, 4) is 0 Å². The number of benzene rings is 2. The summed E-state index contributed by atoms with van der Waals surface area (Å²) in [6.07, 6.45) is -6.92. The van der Waals surface area contributed by atoms with Gasteiger partial charge in [-0.15, -0.1) is 0 Å². The third-order valence-corrected chi connectivity index (χ3v) is 14.8. The summed E-state index contributed by atoms with van der Waals surface area (Å²) in [7, 11) is 7.04. The van der Waals surface area contributed by atoms with Gasteiger partial charge in [0.25, 0.3) is 6.02 Å². The number of hydrogen-bond donors (Lipinski definition) is 3. The highest BCUT2D eigenvalue weighted by atomic mass is 16.7. The normalized spacial score (nSPS) is 43.5. The van der Waals surface area contributed by atoms with Crippen molar-refractivity contribution in [2.45, 2.75) is 185 Å². The highest BCUT2D eigenvalue weighted by Gasteiger charge is 2.56. The van der Waals surface area contributed by atoms with E-state index in [0.717, 1.165) is 16.5 Å². The number of nitrogens with zero attached hydrogens (tertiary/aromatic N) is 3. The van der Waals surface area contributed by atoms with Gasteiger partial charge in [-0.2, -0.15) is 4.99 Å². The van der Waals surface area contributed by atoms with Crippen molar-refractivity contribution in [1.82, 2.24) is 9.80 Å². The van der Waals surface area contributed by atoms with Crippen molar-refractivity contribution >= 4 is 28.5 Å². The number of methoxy groups -OCH3 is 2. The minimum Gasteiger partial charge on any atom is -0.459 e. The maximum absolute atomic E-state index is 14.8. The van der Waals surface area contributed by atoms with E-state index in [9.17, 15) is 20.1 Å². The zero-order valence-corrected chi connectivity index (χ0v) is 40.6. The van der Waals surface area contributed by atoms with Crippen molar-refractivity contribution in [3.63, 3.8) is 0 Å². The first-order valence-electron chi connectivity index (χ1n) is 23.3. The average Bonchev–Trinajstić information content (AvgIpc) is 3.56. The van der Waals surface area contributed by atoms with E-state index in [4.69, 9.17) is 42.9 Å². The quantitative estimate of drug-likeness (QED) is 0.258. The number of amidine groups is 1. The minimum absolute atomic E-state index is 0.102. The summed E-state index contributed by atoms with van der Waals surface area (Å²) in [5.74, 6) is -2.31. The van der Waals surface area contributed by atoms with E-state index >= 15 is 0 Å². The first kappa shape index (κ1) is 50.5. The Hall–Kier alpha value is -2.96. The standard InChI is InChI=1S/C49H77N3O12/c1-15-37-49(10,56)43-31(6)52(46(64-43)50-35-22-18-20-33-19-16-17-21-34(33)35)26-27(2)24-48(9,58-14)42(63-45-39(53)36(51(11)12)23-28(3)59-45)29(4)40(30(5)44(55)61-37)62-38-25-47(8,57-13)41(54)32(7)60-38/h16-22,27-32,36-43,45,53-54,56H,15,23-26H2,1-14H3/t27-,28-,29+,30-,31-,32+,36+,37-,38-,39-,40+,41+,42-,43-,45+,47-,48-,49-/m1/s1. The van der Waals surface area contributed by atoms with Gasteiger partial charge in [-0.1, -0.05) is 57.2 Å². The van der Waals surface area contributed by atoms with E-state index in [0.29, 0.717) is 25.4 Å². The molecule has 15 nitrogen and oxygen atoms in total. The molecule has 64 heavy (non-hydrogen) atoms. The van der Waals surface area contributed by atoms with Crippen molar-refractivity contribution in [1.29, 1.82) is 0 Å². The molecule has 2 aromatic rings. The Kier molecular flexibility index (Phi) is 15.8. The molecule has 0 saturated carbocycles. The van der Waals surface area contributed by atoms with E-state index in [1.165, 1.54) is 0 Å². The lowest BCUT2D eigenvalue weighted by atomic mass is 9.77. The van der Waals surface area contributed by atoms with Gasteiger partial charge in [-0.25, -0.2) is 0 Å². The fourth-order valence-corrected chi connectivity index (χ4v) is 10.8. The summed E-state index contributed by atoms with van der Waals surface area (Å²) < 4.78 is 52.2. The highest BCUT2D eigenvalue weighted by molar-refractivity contribution is 5.95. The van der Waals surface area contributed by atoms with E-state index in [-0.39, 0.29) is 30.9 Å². The molecule has 18 atom stereocenters. The van der Waals surface area contributed by atoms with Gasteiger partial charge in [-0.3, -0.25) is 4.79 Å². The van der Waals surface area contributed by atoms with Crippen LogP contribution >= 0.6 is 0 Å². The van der Waals surface area contributed by atoms with Gasteiger partial charge in [-0.05, 0) is 99.2 Å². The molecule has 4 aliphatic heterocycles. The van der Waals surface area contributed by atoms with Gasteiger partial charge in [0.05, 0.1) is 53.3 Å². The minimum atomic E-state index is -1.66. The molecule has 4 heterocycles. The van der Waals surface area contributed by atoms with E-state index < -0.39 is 96.0 Å². The lowest BCUT2D eigenvalue weighted by molar-refractivity contribution is -0.319. The average molecular weight is 900 g/mol. The zero-order chi connectivity index (χ0) is 47.1. The van der Waals surface area contributed by atoms with Gasteiger partial charge >= 0.3 is 5.97 Å². The molecule has 3 N–H and O–H groups in total. The number of carbonyl (C=O) groups excluding carboxylic acids is 1. The van der Waals surface area contributed by atoms with Crippen molar-refractivity contribution in [2.75, 3.05) is 34.9 Å². The number of ether oxygens (including phenoxy) is 8.